The maximum Gasteiger partial charge on any atom is 0.249 e. The number of halogens is 1. The Bertz CT molecular complexity index is 820. The first kappa shape index (κ1) is 18.1. The van der Waals surface area contributed by atoms with Crippen molar-refractivity contribution in [2.45, 2.75) is 26.4 Å². The first-order valence-corrected chi connectivity index (χ1v) is 8.44. The molecule has 1 atom stereocenters. The molecule has 1 saturated heterocycles. The van der Waals surface area contributed by atoms with Crippen molar-refractivity contribution < 1.29 is 18.7 Å². The lowest BCUT2D eigenvalue weighted by atomic mass is 10.1. The molecule has 2 amide bonds. The standard InChI is InChI=1S/C20H21FN2O3/c1-13-3-6-15(7-4-13)10-23-18(11-26-12-19(23)24)20(25)22-17-9-16(21)8-5-14(17)2/h3-9,18H,10-12H2,1-2H3,(H,22,25)/t18-/m0/s1. The molecule has 0 saturated carbocycles. The molecule has 136 valence electrons. The number of hydrogen-bond acceptors (Lipinski definition) is 3. The second kappa shape index (κ2) is 7.66. The number of anilines is 1. The maximum atomic E-state index is 13.5. The van der Waals surface area contributed by atoms with Gasteiger partial charge in [-0.05, 0) is 37.1 Å². The van der Waals surface area contributed by atoms with Gasteiger partial charge >= 0.3 is 0 Å². The van der Waals surface area contributed by atoms with Crippen LogP contribution in [0.2, 0.25) is 0 Å². The summed E-state index contributed by atoms with van der Waals surface area (Å²) in [7, 11) is 0. The van der Waals surface area contributed by atoms with Gasteiger partial charge < -0.3 is 15.0 Å². The highest BCUT2D eigenvalue weighted by atomic mass is 19.1. The summed E-state index contributed by atoms with van der Waals surface area (Å²) < 4.78 is 18.7. The molecule has 0 aliphatic carbocycles. The van der Waals surface area contributed by atoms with Gasteiger partial charge in [-0.2, -0.15) is 0 Å². The Morgan fingerprint density at radius 1 is 1.23 bits per heavy atom. The predicted molar refractivity (Wildman–Crippen MR) is 96.1 cm³/mol. The molecular formula is C20H21FN2O3. The summed E-state index contributed by atoms with van der Waals surface area (Å²) in [6.07, 6.45) is 0. The van der Waals surface area contributed by atoms with E-state index in [4.69, 9.17) is 4.74 Å². The average Bonchev–Trinajstić information content (AvgIpc) is 2.61. The van der Waals surface area contributed by atoms with E-state index in [2.05, 4.69) is 5.32 Å². The summed E-state index contributed by atoms with van der Waals surface area (Å²) in [5, 5.41) is 2.71. The highest BCUT2D eigenvalue weighted by molar-refractivity contribution is 5.98. The van der Waals surface area contributed by atoms with Gasteiger partial charge in [0.15, 0.2) is 0 Å². The number of ether oxygens (including phenoxy) is 1. The van der Waals surface area contributed by atoms with Gasteiger partial charge in [-0.25, -0.2) is 4.39 Å². The molecule has 2 aromatic rings. The highest BCUT2D eigenvalue weighted by Gasteiger charge is 2.34. The third-order valence-electron chi connectivity index (χ3n) is 4.43. The van der Waals surface area contributed by atoms with E-state index in [1.54, 1.807) is 13.0 Å². The fourth-order valence-electron chi connectivity index (χ4n) is 2.86. The van der Waals surface area contributed by atoms with Crippen molar-refractivity contribution in [1.29, 1.82) is 0 Å². The maximum absolute atomic E-state index is 13.5. The number of nitrogens with one attached hydrogen (secondary N) is 1. The molecule has 0 bridgehead atoms. The molecule has 1 heterocycles. The zero-order chi connectivity index (χ0) is 18.7. The number of nitrogens with zero attached hydrogens (tertiary/aromatic N) is 1. The Morgan fingerprint density at radius 3 is 2.69 bits per heavy atom. The zero-order valence-electron chi connectivity index (χ0n) is 14.8. The van der Waals surface area contributed by atoms with Crippen molar-refractivity contribution in [1.82, 2.24) is 4.90 Å². The summed E-state index contributed by atoms with van der Waals surface area (Å²) >= 11 is 0. The van der Waals surface area contributed by atoms with Crippen LogP contribution in [0.3, 0.4) is 0 Å². The summed E-state index contributed by atoms with van der Waals surface area (Å²) in [6, 6.07) is 11.2. The number of aryl methyl sites for hydroxylation is 2. The summed E-state index contributed by atoms with van der Waals surface area (Å²) in [5.74, 6) is -1.06. The number of hydrogen-bond donors (Lipinski definition) is 1. The Kier molecular flexibility index (Phi) is 5.32. The van der Waals surface area contributed by atoms with Gasteiger partial charge in [-0.1, -0.05) is 35.9 Å². The molecule has 1 fully saturated rings. The number of benzene rings is 2. The summed E-state index contributed by atoms with van der Waals surface area (Å²) in [5.41, 5.74) is 3.19. The van der Waals surface area contributed by atoms with Crippen molar-refractivity contribution in [3.63, 3.8) is 0 Å². The SMILES string of the molecule is Cc1ccc(CN2C(=O)COC[C@H]2C(=O)Nc2cc(F)ccc2C)cc1. The quantitative estimate of drug-likeness (QED) is 0.916. The first-order chi connectivity index (χ1) is 12.4. The number of carbonyl (C=O) groups is 2. The Morgan fingerprint density at radius 2 is 1.96 bits per heavy atom. The molecule has 2 aromatic carbocycles. The van der Waals surface area contributed by atoms with Crippen LogP contribution in [0, 0.1) is 19.7 Å². The third kappa shape index (κ3) is 4.08. The van der Waals surface area contributed by atoms with E-state index in [1.807, 2.05) is 31.2 Å². The Hall–Kier alpha value is -2.73. The molecule has 0 radical (unpaired) electrons. The van der Waals surface area contributed by atoms with E-state index in [9.17, 15) is 14.0 Å². The third-order valence-corrected chi connectivity index (χ3v) is 4.43. The van der Waals surface area contributed by atoms with Gasteiger partial charge in [-0.15, -0.1) is 0 Å². The molecule has 0 unspecified atom stereocenters. The molecular weight excluding hydrogens is 335 g/mol. The van der Waals surface area contributed by atoms with Crippen LogP contribution in [0.5, 0.6) is 0 Å². The van der Waals surface area contributed by atoms with Crippen LogP contribution >= 0.6 is 0 Å². The van der Waals surface area contributed by atoms with Gasteiger partial charge in [0.25, 0.3) is 0 Å². The van der Waals surface area contributed by atoms with Gasteiger partial charge in [0.05, 0.1) is 6.61 Å². The van der Waals surface area contributed by atoms with Crippen molar-refractivity contribution in [3.05, 3.63) is 65.0 Å². The molecule has 3 rings (SSSR count). The van der Waals surface area contributed by atoms with E-state index < -0.39 is 11.9 Å². The van der Waals surface area contributed by atoms with Gasteiger partial charge in [0.1, 0.15) is 18.5 Å². The van der Waals surface area contributed by atoms with E-state index >= 15 is 0 Å². The van der Waals surface area contributed by atoms with Crippen LogP contribution < -0.4 is 5.32 Å². The van der Waals surface area contributed by atoms with Crippen LogP contribution in [0.4, 0.5) is 10.1 Å². The average molecular weight is 356 g/mol. The Balaban J connectivity index is 1.78. The van der Waals surface area contributed by atoms with Crippen molar-refractivity contribution in [2.75, 3.05) is 18.5 Å². The van der Waals surface area contributed by atoms with Gasteiger partial charge in [-0.3, -0.25) is 9.59 Å². The lowest BCUT2D eigenvalue weighted by Crippen LogP contribution is -2.54. The molecule has 0 aromatic heterocycles. The largest absolute Gasteiger partial charge is 0.369 e. The number of rotatable bonds is 4. The number of morpholine rings is 1. The predicted octanol–water partition coefficient (Wildman–Crippen LogP) is 2.81. The number of amides is 2. The summed E-state index contributed by atoms with van der Waals surface area (Å²) in [6.45, 7) is 4.15. The molecule has 6 heteroatoms. The molecule has 1 aliphatic heterocycles. The molecule has 26 heavy (non-hydrogen) atoms. The highest BCUT2D eigenvalue weighted by Crippen LogP contribution is 2.19. The molecule has 1 N–H and O–H groups in total. The topological polar surface area (TPSA) is 58.6 Å². The fraction of sp³-hybridized carbons (Fsp3) is 0.300. The fourth-order valence-corrected chi connectivity index (χ4v) is 2.86. The zero-order valence-corrected chi connectivity index (χ0v) is 14.8. The molecule has 1 aliphatic rings. The van der Waals surface area contributed by atoms with Gasteiger partial charge in [0.2, 0.25) is 11.8 Å². The van der Waals surface area contributed by atoms with E-state index in [0.717, 1.165) is 16.7 Å². The van der Waals surface area contributed by atoms with E-state index in [-0.39, 0.29) is 25.0 Å². The normalized spacial score (nSPS) is 17.3. The minimum absolute atomic E-state index is 0.0470. The first-order valence-electron chi connectivity index (χ1n) is 8.44. The minimum atomic E-state index is -0.764. The Labute approximate surface area is 151 Å². The van der Waals surface area contributed by atoms with Crippen LogP contribution in [0.15, 0.2) is 42.5 Å². The number of carbonyl (C=O) groups excluding carboxylic acids is 2. The van der Waals surface area contributed by atoms with Crippen LogP contribution in [0.25, 0.3) is 0 Å². The second-order valence-corrected chi connectivity index (χ2v) is 6.49. The minimum Gasteiger partial charge on any atom is -0.369 e. The van der Waals surface area contributed by atoms with Crippen LogP contribution in [0.1, 0.15) is 16.7 Å². The smallest absolute Gasteiger partial charge is 0.249 e. The van der Waals surface area contributed by atoms with Crippen LogP contribution in [-0.2, 0) is 20.9 Å². The van der Waals surface area contributed by atoms with E-state index in [0.29, 0.717) is 12.2 Å². The van der Waals surface area contributed by atoms with Gasteiger partial charge in [0, 0.05) is 12.2 Å². The second-order valence-electron chi connectivity index (χ2n) is 6.49. The van der Waals surface area contributed by atoms with Crippen molar-refractivity contribution >= 4 is 17.5 Å². The lowest BCUT2D eigenvalue weighted by molar-refractivity contribution is -0.154. The summed E-state index contributed by atoms with van der Waals surface area (Å²) in [4.78, 5) is 26.6. The van der Waals surface area contributed by atoms with Crippen molar-refractivity contribution in [3.8, 4) is 0 Å². The monoisotopic (exact) mass is 356 g/mol. The van der Waals surface area contributed by atoms with Crippen LogP contribution in [-0.4, -0.2) is 36.0 Å². The van der Waals surface area contributed by atoms with E-state index in [1.165, 1.54) is 17.0 Å². The molecule has 5 nitrogen and oxygen atoms in total. The lowest BCUT2D eigenvalue weighted by Gasteiger charge is -2.34. The van der Waals surface area contributed by atoms with Crippen molar-refractivity contribution in [2.24, 2.45) is 0 Å². The molecule has 0 spiro atoms.